The summed E-state index contributed by atoms with van der Waals surface area (Å²) in [6.45, 7) is 0. The SMILES string of the molecule is CN(C(=O)CSc1nc(-c2ccco2)cc(C(F)(F)F)n1)C1CCCCC1. The van der Waals surface area contributed by atoms with E-state index in [0.29, 0.717) is 0 Å². The zero-order valence-electron chi connectivity index (χ0n) is 14.8. The number of furan rings is 1. The number of halogens is 3. The Balaban J connectivity index is 1.73. The molecule has 1 aliphatic rings. The molecule has 0 aliphatic heterocycles. The van der Waals surface area contributed by atoms with Gasteiger partial charge in [-0.2, -0.15) is 13.2 Å². The van der Waals surface area contributed by atoms with E-state index in [2.05, 4.69) is 9.97 Å². The molecule has 0 atom stereocenters. The van der Waals surface area contributed by atoms with Crippen molar-refractivity contribution in [1.29, 1.82) is 0 Å². The van der Waals surface area contributed by atoms with Crippen molar-refractivity contribution in [2.24, 2.45) is 0 Å². The first kappa shape index (κ1) is 19.7. The normalized spacial score (nSPS) is 15.7. The summed E-state index contributed by atoms with van der Waals surface area (Å²) in [6, 6.07) is 4.14. The van der Waals surface area contributed by atoms with E-state index in [1.165, 1.54) is 18.8 Å². The Hall–Kier alpha value is -2.03. The second kappa shape index (κ2) is 8.33. The van der Waals surface area contributed by atoms with Crippen molar-refractivity contribution in [1.82, 2.24) is 14.9 Å². The van der Waals surface area contributed by atoms with Crippen molar-refractivity contribution in [3.63, 3.8) is 0 Å². The second-order valence-corrected chi connectivity index (χ2v) is 7.42. The lowest BCUT2D eigenvalue weighted by Crippen LogP contribution is -2.39. The third-order valence-electron chi connectivity index (χ3n) is 4.61. The van der Waals surface area contributed by atoms with Gasteiger partial charge in [0.05, 0.1) is 12.0 Å². The van der Waals surface area contributed by atoms with Crippen molar-refractivity contribution >= 4 is 17.7 Å². The number of alkyl halides is 3. The van der Waals surface area contributed by atoms with Crippen molar-refractivity contribution in [2.45, 2.75) is 49.5 Å². The van der Waals surface area contributed by atoms with Crippen LogP contribution in [0.5, 0.6) is 0 Å². The van der Waals surface area contributed by atoms with Gasteiger partial charge in [0.2, 0.25) is 5.91 Å². The molecule has 1 saturated carbocycles. The first-order chi connectivity index (χ1) is 12.8. The fraction of sp³-hybridized carbons (Fsp3) is 0.500. The highest BCUT2D eigenvalue weighted by molar-refractivity contribution is 7.99. The minimum atomic E-state index is -4.61. The summed E-state index contributed by atoms with van der Waals surface area (Å²) in [5, 5.41) is -0.0957. The summed E-state index contributed by atoms with van der Waals surface area (Å²) in [6.07, 6.45) is 2.06. The van der Waals surface area contributed by atoms with Crippen molar-refractivity contribution in [3.05, 3.63) is 30.2 Å². The average Bonchev–Trinajstić information content (AvgIpc) is 3.20. The lowest BCUT2D eigenvalue weighted by molar-refractivity contribution is -0.141. The number of nitrogens with zero attached hydrogens (tertiary/aromatic N) is 3. The van der Waals surface area contributed by atoms with E-state index in [0.717, 1.165) is 43.5 Å². The van der Waals surface area contributed by atoms with Gasteiger partial charge in [-0.25, -0.2) is 9.97 Å². The first-order valence-corrected chi connectivity index (χ1v) is 9.72. The average molecular weight is 399 g/mol. The molecular formula is C18H20F3N3O2S. The fourth-order valence-electron chi connectivity index (χ4n) is 3.09. The molecule has 0 unspecified atom stereocenters. The Morgan fingerprint density at radius 2 is 2.04 bits per heavy atom. The second-order valence-electron chi connectivity index (χ2n) is 6.48. The van der Waals surface area contributed by atoms with Crippen LogP contribution in [0.15, 0.2) is 34.0 Å². The maximum Gasteiger partial charge on any atom is 0.433 e. The largest absolute Gasteiger partial charge is 0.463 e. The van der Waals surface area contributed by atoms with Crippen LogP contribution in [0.4, 0.5) is 13.2 Å². The lowest BCUT2D eigenvalue weighted by atomic mass is 9.94. The van der Waals surface area contributed by atoms with Crippen LogP contribution in [-0.2, 0) is 11.0 Å². The predicted octanol–water partition coefficient (Wildman–Crippen LogP) is 4.64. The number of hydrogen-bond acceptors (Lipinski definition) is 5. The zero-order chi connectivity index (χ0) is 19.4. The van der Waals surface area contributed by atoms with Gasteiger partial charge in [0.15, 0.2) is 10.9 Å². The van der Waals surface area contributed by atoms with Gasteiger partial charge in [0.1, 0.15) is 11.4 Å². The van der Waals surface area contributed by atoms with Gasteiger partial charge in [-0.05, 0) is 31.0 Å². The summed E-state index contributed by atoms with van der Waals surface area (Å²) < 4.78 is 44.6. The molecule has 2 aromatic rings. The van der Waals surface area contributed by atoms with E-state index in [-0.39, 0.29) is 34.3 Å². The monoisotopic (exact) mass is 399 g/mol. The Kier molecular flexibility index (Phi) is 6.08. The van der Waals surface area contributed by atoms with Crippen LogP contribution in [0.3, 0.4) is 0 Å². The van der Waals surface area contributed by atoms with Crippen LogP contribution < -0.4 is 0 Å². The lowest BCUT2D eigenvalue weighted by Gasteiger charge is -2.31. The van der Waals surface area contributed by atoms with Crippen LogP contribution >= 0.6 is 11.8 Å². The highest BCUT2D eigenvalue weighted by Crippen LogP contribution is 2.32. The summed E-state index contributed by atoms with van der Waals surface area (Å²) in [7, 11) is 1.75. The molecule has 3 rings (SSSR count). The molecule has 0 N–H and O–H groups in total. The van der Waals surface area contributed by atoms with Gasteiger partial charge in [-0.3, -0.25) is 4.79 Å². The molecule has 0 saturated heterocycles. The maximum atomic E-state index is 13.2. The fourth-order valence-corrected chi connectivity index (χ4v) is 3.87. The minimum absolute atomic E-state index is 0.00803. The molecule has 5 nitrogen and oxygen atoms in total. The quantitative estimate of drug-likeness (QED) is 0.542. The van der Waals surface area contributed by atoms with Gasteiger partial charge < -0.3 is 9.32 Å². The zero-order valence-corrected chi connectivity index (χ0v) is 15.6. The van der Waals surface area contributed by atoms with E-state index in [9.17, 15) is 18.0 Å². The van der Waals surface area contributed by atoms with Crippen molar-refractivity contribution in [3.8, 4) is 11.5 Å². The molecule has 9 heteroatoms. The number of rotatable bonds is 5. The molecular weight excluding hydrogens is 379 g/mol. The molecule has 0 spiro atoms. The number of carbonyl (C=O) groups excluding carboxylic acids is 1. The van der Waals surface area contributed by atoms with E-state index in [4.69, 9.17) is 4.42 Å². The maximum absolute atomic E-state index is 13.2. The Morgan fingerprint density at radius 1 is 1.30 bits per heavy atom. The predicted molar refractivity (Wildman–Crippen MR) is 95.1 cm³/mol. The molecule has 1 amide bonds. The van der Waals surface area contributed by atoms with Gasteiger partial charge in [-0.15, -0.1) is 0 Å². The Bertz CT molecular complexity index is 775. The van der Waals surface area contributed by atoms with Crippen molar-refractivity contribution < 1.29 is 22.4 Å². The molecule has 2 aromatic heterocycles. The molecule has 1 aliphatic carbocycles. The molecule has 0 radical (unpaired) electrons. The molecule has 1 fully saturated rings. The number of thioether (sulfide) groups is 1. The first-order valence-electron chi connectivity index (χ1n) is 8.73. The standard InChI is InChI=1S/C18H20F3N3O2S/c1-24(12-6-3-2-4-7-12)16(25)11-27-17-22-13(14-8-5-9-26-14)10-15(23-17)18(19,20)21/h5,8-10,12H,2-4,6-7,11H2,1H3. The Labute approximate surface area is 159 Å². The van der Waals surface area contributed by atoms with Gasteiger partial charge >= 0.3 is 6.18 Å². The number of hydrogen-bond donors (Lipinski definition) is 0. The number of carbonyl (C=O) groups is 1. The summed E-state index contributed by atoms with van der Waals surface area (Å²) >= 11 is 0.907. The van der Waals surface area contributed by atoms with Crippen LogP contribution in [-0.4, -0.2) is 39.6 Å². The molecule has 146 valence electrons. The third kappa shape index (κ3) is 5.03. The highest BCUT2D eigenvalue weighted by atomic mass is 32.2. The summed E-state index contributed by atoms with van der Waals surface area (Å²) in [4.78, 5) is 21.8. The Morgan fingerprint density at radius 3 is 2.67 bits per heavy atom. The van der Waals surface area contributed by atoms with E-state index < -0.39 is 11.9 Å². The van der Waals surface area contributed by atoms with Crippen LogP contribution in [0.1, 0.15) is 37.8 Å². The molecule has 0 aromatic carbocycles. The van der Waals surface area contributed by atoms with E-state index >= 15 is 0 Å². The van der Waals surface area contributed by atoms with Crippen molar-refractivity contribution in [2.75, 3.05) is 12.8 Å². The number of amides is 1. The third-order valence-corrected chi connectivity index (χ3v) is 5.44. The smallest absolute Gasteiger partial charge is 0.433 e. The highest BCUT2D eigenvalue weighted by Gasteiger charge is 2.34. The van der Waals surface area contributed by atoms with Gasteiger partial charge in [0.25, 0.3) is 0 Å². The van der Waals surface area contributed by atoms with Gasteiger partial charge in [0, 0.05) is 13.1 Å². The van der Waals surface area contributed by atoms with Crippen LogP contribution in [0, 0.1) is 0 Å². The van der Waals surface area contributed by atoms with Gasteiger partial charge in [-0.1, -0.05) is 31.0 Å². The molecule has 2 heterocycles. The van der Waals surface area contributed by atoms with Crippen LogP contribution in [0.25, 0.3) is 11.5 Å². The van der Waals surface area contributed by atoms with E-state index in [1.54, 1.807) is 18.0 Å². The number of aromatic nitrogens is 2. The topological polar surface area (TPSA) is 59.2 Å². The van der Waals surface area contributed by atoms with E-state index in [1.807, 2.05) is 0 Å². The summed E-state index contributed by atoms with van der Waals surface area (Å²) in [5.74, 6) is 0.0780. The van der Waals surface area contributed by atoms with Crippen LogP contribution in [0.2, 0.25) is 0 Å². The summed E-state index contributed by atoms with van der Waals surface area (Å²) in [5.41, 5.74) is -1.02. The molecule has 0 bridgehead atoms. The molecule has 27 heavy (non-hydrogen) atoms. The minimum Gasteiger partial charge on any atom is -0.463 e.